The second-order valence-corrected chi connectivity index (χ2v) is 7.70. The zero-order chi connectivity index (χ0) is 16.5. The highest BCUT2D eigenvalue weighted by molar-refractivity contribution is 7.19. The van der Waals surface area contributed by atoms with Crippen molar-refractivity contribution >= 4 is 45.2 Å². The summed E-state index contributed by atoms with van der Waals surface area (Å²) in [7, 11) is 0. The average Bonchev–Trinajstić information content (AvgIpc) is 2.95. The molecule has 1 unspecified atom stereocenters. The van der Waals surface area contributed by atoms with Gasteiger partial charge < -0.3 is 0 Å². The largest absolute Gasteiger partial charge is 0.261 e. The number of anilines is 1. The van der Waals surface area contributed by atoms with Crippen molar-refractivity contribution in [2.24, 2.45) is 11.0 Å². The van der Waals surface area contributed by atoms with E-state index in [1.165, 1.54) is 16.9 Å². The highest BCUT2D eigenvalue weighted by atomic mass is 35.5. The molecule has 0 saturated heterocycles. The van der Waals surface area contributed by atoms with Crippen LogP contribution in [0, 0.1) is 5.92 Å². The molecule has 0 saturated carbocycles. The van der Waals surface area contributed by atoms with Gasteiger partial charge in [-0.25, -0.2) is 9.97 Å². The Morgan fingerprint density at radius 1 is 1.29 bits per heavy atom. The summed E-state index contributed by atoms with van der Waals surface area (Å²) in [5.74, 6) is 1.54. The molecule has 1 aromatic carbocycles. The number of fused-ring (bicyclic) bond motifs is 3. The number of hydrazone groups is 1. The Kier molecular flexibility index (Phi) is 4.21. The van der Waals surface area contributed by atoms with Crippen molar-refractivity contribution in [3.63, 3.8) is 0 Å². The third-order valence-corrected chi connectivity index (χ3v) is 5.76. The van der Waals surface area contributed by atoms with Gasteiger partial charge in [0.2, 0.25) is 0 Å². The van der Waals surface area contributed by atoms with Gasteiger partial charge in [0, 0.05) is 9.90 Å². The first-order valence-corrected chi connectivity index (χ1v) is 9.20. The quantitative estimate of drug-likeness (QED) is 0.535. The summed E-state index contributed by atoms with van der Waals surface area (Å²) >= 11 is 7.69. The number of hydrogen-bond acceptors (Lipinski definition) is 5. The fourth-order valence-corrected chi connectivity index (χ4v) is 4.55. The van der Waals surface area contributed by atoms with Gasteiger partial charge in [0.15, 0.2) is 5.82 Å². The second kappa shape index (κ2) is 6.49. The van der Waals surface area contributed by atoms with E-state index in [1.807, 2.05) is 24.3 Å². The van der Waals surface area contributed by atoms with Gasteiger partial charge in [-0.15, -0.1) is 11.3 Å². The van der Waals surface area contributed by atoms with Gasteiger partial charge in [0.05, 0.1) is 11.6 Å². The molecular formula is C18H17ClN4S. The molecule has 1 aliphatic rings. The number of thiophene rings is 1. The average molecular weight is 357 g/mol. The Labute approximate surface area is 149 Å². The minimum atomic E-state index is 0.719. The van der Waals surface area contributed by atoms with Gasteiger partial charge in [-0.05, 0) is 48.4 Å². The molecule has 0 radical (unpaired) electrons. The van der Waals surface area contributed by atoms with E-state index in [0.29, 0.717) is 0 Å². The van der Waals surface area contributed by atoms with Crippen molar-refractivity contribution < 1.29 is 0 Å². The fraction of sp³-hybridized carbons (Fsp3) is 0.278. The lowest BCUT2D eigenvalue weighted by molar-refractivity contribution is 0.509. The normalized spacial score (nSPS) is 17.3. The Hall–Kier alpha value is -1.98. The van der Waals surface area contributed by atoms with Crippen LogP contribution in [0.15, 0.2) is 35.7 Å². The molecule has 2 heterocycles. The van der Waals surface area contributed by atoms with E-state index in [-0.39, 0.29) is 0 Å². The summed E-state index contributed by atoms with van der Waals surface area (Å²) in [5, 5.41) is 6.19. The SMILES string of the molecule is CC1CCc2c(sc3ncnc(N/N=C/c4ccc(Cl)cc4)c23)C1. The van der Waals surface area contributed by atoms with E-state index in [0.717, 1.165) is 45.4 Å². The molecule has 1 aliphatic carbocycles. The lowest BCUT2D eigenvalue weighted by Gasteiger charge is -2.18. The Balaban J connectivity index is 1.63. The van der Waals surface area contributed by atoms with Gasteiger partial charge in [0.1, 0.15) is 11.2 Å². The van der Waals surface area contributed by atoms with Crippen molar-refractivity contribution in [2.45, 2.75) is 26.2 Å². The number of benzene rings is 1. The van der Waals surface area contributed by atoms with Gasteiger partial charge in [0.25, 0.3) is 0 Å². The van der Waals surface area contributed by atoms with Crippen LogP contribution in [0.1, 0.15) is 29.3 Å². The fourth-order valence-electron chi connectivity index (χ4n) is 3.08. The minimum absolute atomic E-state index is 0.719. The first-order chi connectivity index (χ1) is 11.7. The predicted octanol–water partition coefficient (Wildman–Crippen LogP) is 4.92. The van der Waals surface area contributed by atoms with Crippen LogP contribution in [0.3, 0.4) is 0 Å². The zero-order valence-electron chi connectivity index (χ0n) is 13.3. The minimum Gasteiger partial charge on any atom is -0.261 e. The topological polar surface area (TPSA) is 50.2 Å². The van der Waals surface area contributed by atoms with Crippen molar-refractivity contribution in [1.82, 2.24) is 9.97 Å². The van der Waals surface area contributed by atoms with Crippen molar-refractivity contribution in [2.75, 3.05) is 5.43 Å². The number of rotatable bonds is 3. The van der Waals surface area contributed by atoms with Crippen LogP contribution >= 0.6 is 22.9 Å². The van der Waals surface area contributed by atoms with Crippen molar-refractivity contribution in [3.05, 3.63) is 51.6 Å². The Morgan fingerprint density at radius 2 is 2.12 bits per heavy atom. The molecule has 0 spiro atoms. The standard InChI is InChI=1S/C18H17ClN4S/c1-11-2-7-14-15(8-11)24-18-16(14)17(20-10-21-18)23-22-9-12-3-5-13(19)6-4-12/h3-6,9-11H,2,7-8H2,1H3,(H,20,21,23)/b22-9+. The molecule has 4 nitrogen and oxygen atoms in total. The number of aryl methyl sites for hydroxylation is 1. The second-order valence-electron chi connectivity index (χ2n) is 6.18. The molecule has 4 rings (SSSR count). The van der Waals surface area contributed by atoms with Crippen LogP contribution in [-0.4, -0.2) is 16.2 Å². The summed E-state index contributed by atoms with van der Waals surface area (Å²) in [4.78, 5) is 11.4. The lowest BCUT2D eigenvalue weighted by Crippen LogP contribution is -2.09. The lowest BCUT2D eigenvalue weighted by atomic mass is 9.89. The third kappa shape index (κ3) is 3.01. The van der Waals surface area contributed by atoms with E-state index in [9.17, 15) is 0 Å². The van der Waals surface area contributed by atoms with Gasteiger partial charge in [-0.3, -0.25) is 5.43 Å². The smallest absolute Gasteiger partial charge is 0.158 e. The van der Waals surface area contributed by atoms with E-state index in [1.54, 1.807) is 23.9 Å². The predicted molar refractivity (Wildman–Crippen MR) is 101 cm³/mol. The highest BCUT2D eigenvalue weighted by Gasteiger charge is 2.22. The molecule has 1 atom stereocenters. The maximum Gasteiger partial charge on any atom is 0.158 e. The molecule has 2 aromatic heterocycles. The van der Waals surface area contributed by atoms with Crippen LogP contribution in [0.25, 0.3) is 10.2 Å². The molecule has 0 fully saturated rings. The first-order valence-electron chi connectivity index (χ1n) is 8.00. The summed E-state index contributed by atoms with van der Waals surface area (Å²) in [6, 6.07) is 7.55. The first kappa shape index (κ1) is 15.5. The molecule has 0 aliphatic heterocycles. The Bertz CT molecular complexity index is 901. The molecule has 24 heavy (non-hydrogen) atoms. The van der Waals surface area contributed by atoms with Crippen molar-refractivity contribution in [1.29, 1.82) is 0 Å². The highest BCUT2D eigenvalue weighted by Crippen LogP contribution is 2.39. The van der Waals surface area contributed by atoms with Crippen LogP contribution in [-0.2, 0) is 12.8 Å². The van der Waals surface area contributed by atoms with E-state index in [2.05, 4.69) is 27.4 Å². The maximum atomic E-state index is 5.90. The maximum absolute atomic E-state index is 5.90. The summed E-state index contributed by atoms with van der Waals surface area (Å²) in [5.41, 5.74) is 5.48. The van der Waals surface area contributed by atoms with Crippen LogP contribution in [0.4, 0.5) is 5.82 Å². The number of hydrogen-bond donors (Lipinski definition) is 1. The monoisotopic (exact) mass is 356 g/mol. The number of nitrogens with zero attached hydrogens (tertiary/aromatic N) is 3. The zero-order valence-corrected chi connectivity index (χ0v) is 14.9. The van der Waals surface area contributed by atoms with E-state index in [4.69, 9.17) is 11.6 Å². The Morgan fingerprint density at radius 3 is 2.96 bits per heavy atom. The van der Waals surface area contributed by atoms with Crippen LogP contribution in [0.2, 0.25) is 5.02 Å². The van der Waals surface area contributed by atoms with E-state index < -0.39 is 0 Å². The van der Waals surface area contributed by atoms with Gasteiger partial charge in [-0.2, -0.15) is 5.10 Å². The van der Waals surface area contributed by atoms with Gasteiger partial charge in [-0.1, -0.05) is 30.7 Å². The summed E-state index contributed by atoms with van der Waals surface area (Å²) < 4.78 is 0. The molecule has 122 valence electrons. The molecule has 3 aromatic rings. The van der Waals surface area contributed by atoms with E-state index >= 15 is 0 Å². The summed E-state index contributed by atoms with van der Waals surface area (Å²) in [6.07, 6.45) is 6.84. The molecule has 1 N–H and O–H groups in total. The number of halogens is 1. The molecule has 6 heteroatoms. The van der Waals surface area contributed by atoms with Crippen LogP contribution < -0.4 is 5.43 Å². The molecule has 0 bridgehead atoms. The molecular weight excluding hydrogens is 340 g/mol. The number of aromatic nitrogens is 2. The van der Waals surface area contributed by atoms with Gasteiger partial charge >= 0.3 is 0 Å². The van der Waals surface area contributed by atoms with Crippen molar-refractivity contribution in [3.8, 4) is 0 Å². The summed E-state index contributed by atoms with van der Waals surface area (Å²) in [6.45, 7) is 2.31. The van der Waals surface area contributed by atoms with Crippen LogP contribution in [0.5, 0.6) is 0 Å². The number of nitrogens with one attached hydrogen (secondary N) is 1. The molecule has 0 amide bonds. The third-order valence-electron chi connectivity index (χ3n) is 4.35.